The molecular formula is C45H53NO14. The molecule has 12 atom stereocenters. The molecule has 2 aromatic carbocycles. The fraction of sp³-hybridized carbons (Fsp3) is 0.556. The number of esters is 4. The number of carbonyl (C=O) groups is 6. The second-order valence-corrected chi connectivity index (χ2v) is 18.2. The highest BCUT2D eigenvalue weighted by atomic mass is 16.7. The van der Waals surface area contributed by atoms with Crippen molar-refractivity contribution in [2.75, 3.05) is 0 Å². The zero-order valence-corrected chi connectivity index (χ0v) is 35.0. The molecule has 60 heavy (non-hydrogen) atoms. The Kier molecular flexibility index (Phi) is 11.0. The van der Waals surface area contributed by atoms with Gasteiger partial charge in [-0.3, -0.25) is 14.4 Å². The summed E-state index contributed by atoms with van der Waals surface area (Å²) in [7, 11) is 0. The number of benzene rings is 2. The van der Waals surface area contributed by atoms with E-state index in [0.29, 0.717) is 18.4 Å². The van der Waals surface area contributed by atoms with Gasteiger partial charge in [-0.25, -0.2) is 14.4 Å². The average molecular weight is 832 g/mol. The van der Waals surface area contributed by atoms with Crippen molar-refractivity contribution in [2.24, 2.45) is 28.6 Å². The first-order chi connectivity index (χ1) is 28.1. The Balaban J connectivity index is 1.35. The molecule has 0 radical (unpaired) electrons. The fourth-order valence-electron chi connectivity index (χ4n) is 10.3. The van der Waals surface area contributed by atoms with E-state index in [9.17, 15) is 34.2 Å². The van der Waals surface area contributed by atoms with E-state index in [1.54, 1.807) is 102 Å². The molecule has 1 saturated heterocycles. The normalized spacial score (nSPS) is 33.3. The third-order valence-corrected chi connectivity index (χ3v) is 13.1. The van der Waals surface area contributed by atoms with E-state index in [2.05, 4.69) is 5.32 Å². The highest BCUT2D eigenvalue weighted by molar-refractivity contribution is 5.97. The molecular weight excluding hydrogens is 778 g/mol. The number of carbonyl (C=O) groups excluding carboxylic acids is 6. The number of Topliss-reactive ketones (excluding diaryl/α,β-unsaturated/α-hetero) is 1. The second kappa shape index (κ2) is 15.4. The summed E-state index contributed by atoms with van der Waals surface area (Å²) in [5.41, 5.74) is -4.96. The molecule has 1 aliphatic heterocycles. The molecule has 4 fully saturated rings. The lowest BCUT2D eigenvalue weighted by molar-refractivity contribution is -0.334. The van der Waals surface area contributed by atoms with Crippen molar-refractivity contribution >= 4 is 35.8 Å². The first-order valence-corrected chi connectivity index (χ1v) is 20.3. The molecule has 322 valence electrons. The number of ether oxygens (including phenoxy) is 6. The highest BCUT2D eigenvalue weighted by Gasteiger charge is 2.80. The van der Waals surface area contributed by atoms with Crippen LogP contribution in [0.25, 0.3) is 0 Å². The van der Waals surface area contributed by atoms with E-state index >= 15 is 4.79 Å². The maximum absolute atomic E-state index is 15.4. The number of aliphatic hydroxyl groups is 2. The van der Waals surface area contributed by atoms with E-state index in [0.717, 1.165) is 6.92 Å². The second-order valence-electron chi connectivity index (χ2n) is 18.2. The van der Waals surface area contributed by atoms with Gasteiger partial charge in [-0.2, -0.15) is 0 Å². The van der Waals surface area contributed by atoms with Crippen molar-refractivity contribution in [3.05, 3.63) is 82.9 Å². The van der Waals surface area contributed by atoms with Gasteiger partial charge < -0.3 is 44.0 Å². The number of rotatable bonds is 9. The van der Waals surface area contributed by atoms with Crippen molar-refractivity contribution in [1.29, 1.82) is 0 Å². The Bertz CT molecular complexity index is 2090. The summed E-state index contributed by atoms with van der Waals surface area (Å²) >= 11 is 0. The first-order valence-electron chi connectivity index (χ1n) is 20.3. The summed E-state index contributed by atoms with van der Waals surface area (Å²) in [4.78, 5) is 82.1. The molecule has 15 heteroatoms. The number of nitrogens with one attached hydrogen (secondary N) is 1. The van der Waals surface area contributed by atoms with Gasteiger partial charge in [-0.15, -0.1) is 0 Å². The van der Waals surface area contributed by atoms with E-state index in [-0.39, 0.29) is 22.6 Å². The van der Waals surface area contributed by atoms with Crippen LogP contribution in [0, 0.1) is 28.6 Å². The van der Waals surface area contributed by atoms with E-state index in [1.807, 2.05) is 0 Å². The lowest BCUT2D eigenvalue weighted by atomic mass is 9.49. The van der Waals surface area contributed by atoms with Gasteiger partial charge in [0.2, 0.25) is 6.29 Å². The zero-order chi connectivity index (χ0) is 43.7. The average Bonchev–Trinajstić information content (AvgIpc) is 3.90. The maximum Gasteiger partial charge on any atom is 0.408 e. The Labute approximate surface area is 348 Å². The smallest absolute Gasteiger partial charge is 0.408 e. The van der Waals surface area contributed by atoms with Crippen molar-refractivity contribution in [3.63, 3.8) is 0 Å². The molecule has 2 bridgehead atoms. The summed E-state index contributed by atoms with van der Waals surface area (Å²) in [5, 5.41) is 27.9. The zero-order valence-electron chi connectivity index (χ0n) is 35.0. The van der Waals surface area contributed by atoms with E-state index < -0.39 is 119 Å². The third kappa shape index (κ3) is 7.38. The SMILES string of the molecule is CC(=O)OC1O[C@@H]2C[C@@H]3C[C@@]34C(=O)[C@H](OC(C)=O)C3=C(C)[C@@H](OC(=O)[C@H](O)[C@@H](NC(=O)OC(C)(C)C)c5ccccc5)C[C@@](O)(C(OC(=O)c5ccccc5)C4[C@H]12)C3(C)C. The minimum atomic E-state index is -2.18. The largest absolute Gasteiger partial charge is 0.456 e. The minimum Gasteiger partial charge on any atom is -0.456 e. The number of amides is 1. The number of fused-ring (bicyclic) bond motifs is 4. The minimum absolute atomic E-state index is 0.151. The molecule has 3 saturated carbocycles. The quantitative estimate of drug-likeness (QED) is 0.178. The van der Waals surface area contributed by atoms with Crippen molar-refractivity contribution in [1.82, 2.24) is 5.32 Å². The van der Waals surface area contributed by atoms with Crippen LogP contribution in [0.4, 0.5) is 4.79 Å². The number of hydrogen-bond donors (Lipinski definition) is 3. The van der Waals surface area contributed by atoms with Gasteiger partial charge in [0.1, 0.15) is 23.4 Å². The molecule has 3 unspecified atom stereocenters. The highest BCUT2D eigenvalue weighted by Crippen LogP contribution is 2.74. The Morgan fingerprint density at radius 1 is 0.883 bits per heavy atom. The predicted octanol–water partition coefficient (Wildman–Crippen LogP) is 4.67. The lowest BCUT2D eigenvalue weighted by Crippen LogP contribution is -2.72. The molecule has 15 nitrogen and oxygen atoms in total. The lowest BCUT2D eigenvalue weighted by Gasteiger charge is -2.62. The fourth-order valence-corrected chi connectivity index (χ4v) is 10.3. The Morgan fingerprint density at radius 3 is 2.10 bits per heavy atom. The number of alkyl carbamates (subject to hydrolysis) is 1. The summed E-state index contributed by atoms with van der Waals surface area (Å²) in [5.74, 6) is -5.97. The maximum atomic E-state index is 15.4. The molecule has 7 rings (SSSR count). The standard InChI is InChI=1S/C45H53NO14/c1-22-29(57-39(52)34(49)33(25-15-11-9-12-16-25)46-41(53)60-42(4,5)6)21-45(54)37(59-38(51)26-17-13-10-14-18-26)32-30-28(58-40(30)56-24(3)48)19-27-20-44(27,32)36(50)35(55-23(2)47)31(22)43(45,7)8/h9-18,27-30,32-35,37,40,49,54H,19-21H2,1-8H3,(H,46,53)/t27-,28-,29+,30-,32?,33+,34-,35-,37?,40?,44-,45-/m1/s1. The van der Waals surface area contributed by atoms with Crippen LogP contribution < -0.4 is 5.32 Å². The van der Waals surface area contributed by atoms with Gasteiger partial charge in [-0.05, 0) is 75.3 Å². The monoisotopic (exact) mass is 831 g/mol. The van der Waals surface area contributed by atoms with Gasteiger partial charge in [0.15, 0.2) is 18.0 Å². The number of hydrogen-bond acceptors (Lipinski definition) is 14. The van der Waals surface area contributed by atoms with Crippen LogP contribution in [-0.2, 0) is 47.6 Å². The Hall–Kier alpha value is -5.12. The van der Waals surface area contributed by atoms with Gasteiger partial charge in [-0.1, -0.05) is 62.4 Å². The molecule has 2 aromatic rings. The number of aliphatic hydroxyl groups excluding tert-OH is 1. The van der Waals surface area contributed by atoms with Crippen LogP contribution in [0.15, 0.2) is 71.8 Å². The summed E-state index contributed by atoms with van der Waals surface area (Å²) in [6, 6.07) is 15.0. The molecule has 3 N–H and O–H groups in total. The molecule has 1 spiro atoms. The third-order valence-electron chi connectivity index (χ3n) is 13.1. The van der Waals surface area contributed by atoms with Crippen molar-refractivity contribution in [2.45, 2.75) is 129 Å². The van der Waals surface area contributed by atoms with Crippen molar-refractivity contribution < 1.29 is 67.4 Å². The van der Waals surface area contributed by atoms with Crippen LogP contribution >= 0.6 is 0 Å². The van der Waals surface area contributed by atoms with Crippen LogP contribution in [-0.4, -0.2) is 94.0 Å². The van der Waals surface area contributed by atoms with Gasteiger partial charge in [0.25, 0.3) is 0 Å². The summed E-state index contributed by atoms with van der Waals surface area (Å²) < 4.78 is 35.5. The van der Waals surface area contributed by atoms with Gasteiger partial charge >= 0.3 is 30.0 Å². The molecule has 5 aliphatic rings. The van der Waals surface area contributed by atoms with Gasteiger partial charge in [0.05, 0.1) is 23.6 Å². The summed E-state index contributed by atoms with van der Waals surface area (Å²) in [6.45, 7) is 12.2. The number of ketones is 1. The van der Waals surface area contributed by atoms with Crippen LogP contribution in [0.2, 0.25) is 0 Å². The first kappa shape index (κ1) is 43.0. The van der Waals surface area contributed by atoms with Crippen LogP contribution in [0.5, 0.6) is 0 Å². The molecule has 1 heterocycles. The summed E-state index contributed by atoms with van der Waals surface area (Å²) in [6.07, 6.45) is -8.77. The van der Waals surface area contributed by atoms with E-state index in [1.165, 1.54) is 6.92 Å². The van der Waals surface area contributed by atoms with Gasteiger partial charge in [0, 0.05) is 37.0 Å². The van der Waals surface area contributed by atoms with Crippen molar-refractivity contribution in [3.8, 4) is 0 Å². The molecule has 4 aliphatic carbocycles. The molecule has 1 amide bonds. The Morgan fingerprint density at radius 2 is 1.50 bits per heavy atom. The topological polar surface area (TPSA) is 210 Å². The van der Waals surface area contributed by atoms with Crippen LogP contribution in [0.3, 0.4) is 0 Å². The van der Waals surface area contributed by atoms with E-state index in [4.69, 9.17) is 28.4 Å². The predicted molar refractivity (Wildman–Crippen MR) is 209 cm³/mol. The van der Waals surface area contributed by atoms with Crippen LogP contribution in [0.1, 0.15) is 96.6 Å². The molecule has 0 aromatic heterocycles.